The molecule has 11 nitrogen and oxygen atoms in total. The van der Waals surface area contributed by atoms with Crippen LogP contribution in [0, 0.1) is 11.2 Å². The van der Waals surface area contributed by atoms with E-state index in [-0.39, 0.29) is 64.3 Å². The van der Waals surface area contributed by atoms with Gasteiger partial charge in [0, 0.05) is 69.9 Å². The Bertz CT molecular complexity index is 1780. The summed E-state index contributed by atoms with van der Waals surface area (Å²) in [5.41, 5.74) is 0.871. The van der Waals surface area contributed by atoms with Crippen molar-refractivity contribution < 1.29 is 61.8 Å². The molecule has 4 heterocycles. The van der Waals surface area contributed by atoms with E-state index in [1.165, 1.54) is 6.07 Å². The van der Waals surface area contributed by atoms with Crippen LogP contribution >= 0.6 is 0 Å². The number of hydrogen-bond donors (Lipinski definition) is 1. The summed E-state index contributed by atoms with van der Waals surface area (Å²) in [4.78, 5) is 38.9. The Balaban J connectivity index is 0.00000468. The molecule has 256 valence electrons. The standard InChI is InChI=1S/C33H38F4N8O3.Na/c1-20-17-45(12-11-44(20)10-7-28(46)47)27-16-38-25(15-39-27)30-41-29-26(43(2)18-32(19-48-3)8-4-9-32)14-24(40-31(29)42-30)21-5-6-23(34)22(13-21)33(35,36)37;/h5-6,13-16,20H,4,7-12,17-19H2,1-3H3,(H,46,47)(H,40,41,42);/q;+1/p-1/t20-;/m0./s1. The van der Waals surface area contributed by atoms with Crippen LogP contribution in [0.5, 0.6) is 0 Å². The summed E-state index contributed by atoms with van der Waals surface area (Å²) in [6.45, 7) is 5.66. The summed E-state index contributed by atoms with van der Waals surface area (Å²) in [6.07, 6.45) is 1.43. The van der Waals surface area contributed by atoms with Gasteiger partial charge in [0.1, 0.15) is 22.8 Å². The first-order valence-electron chi connectivity index (χ1n) is 15.8. The average molecular weight is 693 g/mol. The Morgan fingerprint density at radius 1 is 1.14 bits per heavy atom. The summed E-state index contributed by atoms with van der Waals surface area (Å²) in [6, 6.07) is 4.66. The number of piperazine rings is 1. The number of nitrogens with zero attached hydrogens (tertiary/aromatic N) is 7. The number of rotatable bonds is 11. The van der Waals surface area contributed by atoms with E-state index in [0.29, 0.717) is 67.9 Å². The van der Waals surface area contributed by atoms with Crippen molar-refractivity contribution in [2.45, 2.75) is 44.8 Å². The van der Waals surface area contributed by atoms with Gasteiger partial charge in [-0.15, -0.1) is 0 Å². The van der Waals surface area contributed by atoms with Gasteiger partial charge in [-0.3, -0.25) is 4.90 Å². The normalized spacial score (nSPS) is 17.9. The molecule has 1 aromatic carbocycles. The molecule has 0 spiro atoms. The van der Waals surface area contributed by atoms with Gasteiger partial charge in [-0.05, 0) is 50.5 Å². The Hall–Kier alpha value is -3.37. The molecule has 3 aromatic heterocycles. The van der Waals surface area contributed by atoms with Crippen LogP contribution in [-0.4, -0.2) is 95.3 Å². The van der Waals surface area contributed by atoms with Crippen LogP contribution in [0.15, 0.2) is 36.7 Å². The van der Waals surface area contributed by atoms with Gasteiger partial charge in [-0.1, -0.05) is 6.42 Å². The van der Waals surface area contributed by atoms with Crippen LogP contribution in [0.2, 0.25) is 0 Å². The quantitative estimate of drug-likeness (QED) is 0.181. The van der Waals surface area contributed by atoms with E-state index in [4.69, 9.17) is 4.74 Å². The van der Waals surface area contributed by atoms with Gasteiger partial charge in [-0.25, -0.2) is 24.3 Å². The number of benzene rings is 1. The molecule has 0 unspecified atom stereocenters. The molecule has 1 saturated carbocycles. The molecule has 1 N–H and O–H groups in total. The smallest absolute Gasteiger partial charge is 0.550 e. The van der Waals surface area contributed by atoms with E-state index < -0.39 is 23.5 Å². The largest absolute Gasteiger partial charge is 1.00 e. The van der Waals surface area contributed by atoms with Crippen molar-refractivity contribution in [2.75, 3.05) is 63.3 Å². The van der Waals surface area contributed by atoms with Crippen molar-refractivity contribution in [2.24, 2.45) is 5.41 Å². The number of ether oxygens (including phenoxy) is 1. The number of fused-ring (bicyclic) bond motifs is 1. The Morgan fingerprint density at radius 2 is 1.92 bits per heavy atom. The number of anilines is 2. The molecule has 6 rings (SSSR count). The molecular weight excluding hydrogens is 655 g/mol. The maximum Gasteiger partial charge on any atom is 1.00 e. The zero-order chi connectivity index (χ0) is 34.2. The van der Waals surface area contributed by atoms with Crippen molar-refractivity contribution in [1.82, 2.24) is 29.8 Å². The number of aromatic amines is 1. The number of aromatic nitrogens is 5. The number of carbonyl (C=O) groups is 1. The monoisotopic (exact) mass is 692 g/mol. The zero-order valence-electron chi connectivity index (χ0n) is 28.0. The molecule has 16 heteroatoms. The Morgan fingerprint density at radius 3 is 2.53 bits per heavy atom. The van der Waals surface area contributed by atoms with E-state index in [2.05, 4.69) is 34.7 Å². The minimum absolute atomic E-state index is 0. The van der Waals surface area contributed by atoms with Crippen LogP contribution in [0.3, 0.4) is 0 Å². The van der Waals surface area contributed by atoms with E-state index >= 15 is 0 Å². The van der Waals surface area contributed by atoms with E-state index in [1.807, 2.05) is 18.9 Å². The van der Waals surface area contributed by atoms with Crippen LogP contribution < -0.4 is 44.5 Å². The summed E-state index contributed by atoms with van der Waals surface area (Å²) >= 11 is 0. The molecule has 1 aliphatic heterocycles. The van der Waals surface area contributed by atoms with Crippen LogP contribution in [0.1, 0.15) is 38.2 Å². The Labute approximate surface area is 303 Å². The third-order valence-corrected chi connectivity index (χ3v) is 9.43. The number of H-pyrrole nitrogens is 1. The van der Waals surface area contributed by atoms with Gasteiger partial charge >= 0.3 is 35.7 Å². The summed E-state index contributed by atoms with van der Waals surface area (Å²) in [7, 11) is 3.58. The molecule has 0 radical (unpaired) electrons. The third kappa shape index (κ3) is 8.01. The predicted octanol–water partition coefficient (Wildman–Crippen LogP) is 1.15. The summed E-state index contributed by atoms with van der Waals surface area (Å²) in [5, 5.41) is 10.9. The average Bonchev–Trinajstić information content (AvgIpc) is 3.47. The van der Waals surface area contributed by atoms with Gasteiger partial charge in [0.25, 0.3) is 0 Å². The number of carbonyl (C=O) groups excluding carboxylic acids is 1. The van der Waals surface area contributed by atoms with Crippen LogP contribution in [0.25, 0.3) is 33.9 Å². The number of pyridine rings is 1. The van der Waals surface area contributed by atoms with Crippen molar-refractivity contribution in [3.63, 3.8) is 0 Å². The fourth-order valence-electron chi connectivity index (χ4n) is 6.74. The van der Waals surface area contributed by atoms with Crippen molar-refractivity contribution in [1.29, 1.82) is 0 Å². The van der Waals surface area contributed by atoms with Gasteiger partial charge in [-0.2, -0.15) is 13.2 Å². The van der Waals surface area contributed by atoms with Crippen molar-refractivity contribution in [3.05, 3.63) is 48.0 Å². The van der Waals surface area contributed by atoms with Gasteiger partial charge in [0.05, 0.1) is 35.9 Å². The molecule has 49 heavy (non-hydrogen) atoms. The van der Waals surface area contributed by atoms with E-state index in [0.717, 1.165) is 31.4 Å². The molecule has 2 fully saturated rings. The summed E-state index contributed by atoms with van der Waals surface area (Å²) < 4.78 is 60.5. The van der Waals surface area contributed by atoms with E-state index in [9.17, 15) is 27.5 Å². The number of halogens is 4. The number of carboxylic acids is 1. The third-order valence-electron chi connectivity index (χ3n) is 9.43. The molecule has 1 atom stereocenters. The van der Waals surface area contributed by atoms with Crippen molar-refractivity contribution >= 4 is 28.6 Å². The minimum atomic E-state index is -4.87. The first-order chi connectivity index (χ1) is 22.9. The maximum absolute atomic E-state index is 14.2. The number of aliphatic carboxylic acids is 1. The first-order valence-corrected chi connectivity index (χ1v) is 15.8. The van der Waals surface area contributed by atoms with Gasteiger partial charge in [0.15, 0.2) is 11.5 Å². The van der Waals surface area contributed by atoms with E-state index in [1.54, 1.807) is 25.6 Å². The van der Waals surface area contributed by atoms with Gasteiger partial charge < -0.3 is 29.4 Å². The molecular formula is C33H37F4N8NaO3. The number of nitrogens with one attached hydrogen (secondary N) is 1. The predicted molar refractivity (Wildman–Crippen MR) is 170 cm³/mol. The molecule has 4 aromatic rings. The first kappa shape index (κ1) is 36.9. The van der Waals surface area contributed by atoms with Gasteiger partial charge in [0.2, 0.25) is 0 Å². The molecule has 0 amide bonds. The summed E-state index contributed by atoms with van der Waals surface area (Å²) in [5.74, 6) is -1.37. The molecule has 0 bridgehead atoms. The fourth-order valence-corrected chi connectivity index (χ4v) is 6.74. The number of imidazole rings is 1. The second kappa shape index (κ2) is 14.9. The number of alkyl halides is 3. The van der Waals surface area contributed by atoms with Crippen molar-refractivity contribution in [3.8, 4) is 22.8 Å². The molecule has 1 saturated heterocycles. The molecule has 1 aliphatic carbocycles. The second-order valence-corrected chi connectivity index (χ2v) is 12.9. The number of carboxylic acid groups (broad SMARTS) is 1. The maximum atomic E-state index is 14.2. The molecule has 2 aliphatic rings. The zero-order valence-corrected chi connectivity index (χ0v) is 30.0. The number of hydrogen-bond acceptors (Lipinski definition) is 10. The van der Waals surface area contributed by atoms with Crippen LogP contribution in [-0.2, 0) is 15.7 Å². The second-order valence-electron chi connectivity index (χ2n) is 12.9. The Kier molecular flexibility index (Phi) is 11.2. The topological polar surface area (TPSA) is 126 Å². The fraction of sp³-hybridized carbons (Fsp3) is 0.485. The minimum Gasteiger partial charge on any atom is -0.550 e. The van der Waals surface area contributed by atoms with Crippen LogP contribution in [0.4, 0.5) is 29.1 Å². The number of methoxy groups -OCH3 is 1. The SMILES string of the molecule is COCC1(CN(C)c2cc(-c3ccc(F)c(C(F)(F)F)c3)nc3nc(-c4cnc(N5CCN(CCC(=O)[O-])[C@@H](C)C5)cn4)[nH]c23)CCC1.[Na+].